The SMILES string of the molecule is COCC(N)c1noc(C2CCCS2)n1. The summed E-state index contributed by atoms with van der Waals surface area (Å²) in [6.45, 7) is 0.413. The Kier molecular flexibility index (Phi) is 3.61. The quantitative estimate of drug-likeness (QED) is 0.838. The third-order valence-electron chi connectivity index (χ3n) is 2.34. The Hall–Kier alpha value is -0.590. The van der Waals surface area contributed by atoms with E-state index in [1.165, 1.54) is 12.2 Å². The van der Waals surface area contributed by atoms with E-state index in [0.29, 0.717) is 23.6 Å². The summed E-state index contributed by atoms with van der Waals surface area (Å²) < 4.78 is 10.1. The zero-order valence-corrected chi connectivity index (χ0v) is 9.50. The van der Waals surface area contributed by atoms with Crippen molar-refractivity contribution in [1.29, 1.82) is 0 Å². The molecule has 0 bridgehead atoms. The van der Waals surface area contributed by atoms with Crippen molar-refractivity contribution < 1.29 is 9.26 Å². The number of nitrogens with zero attached hydrogens (tertiary/aromatic N) is 2. The fourth-order valence-electron chi connectivity index (χ4n) is 1.56. The molecule has 1 fully saturated rings. The van der Waals surface area contributed by atoms with Gasteiger partial charge in [-0.15, -0.1) is 11.8 Å². The van der Waals surface area contributed by atoms with Crippen LogP contribution in [0, 0.1) is 0 Å². The molecule has 1 aliphatic rings. The topological polar surface area (TPSA) is 74.2 Å². The molecule has 84 valence electrons. The Morgan fingerprint density at radius 1 is 1.73 bits per heavy atom. The van der Waals surface area contributed by atoms with Gasteiger partial charge in [-0.05, 0) is 18.6 Å². The number of hydrogen-bond acceptors (Lipinski definition) is 6. The average molecular weight is 229 g/mol. The molecule has 1 aromatic heterocycles. The molecule has 0 spiro atoms. The van der Waals surface area contributed by atoms with E-state index in [-0.39, 0.29) is 6.04 Å². The second kappa shape index (κ2) is 4.96. The Bertz CT molecular complexity index is 312. The van der Waals surface area contributed by atoms with Gasteiger partial charge in [-0.2, -0.15) is 4.98 Å². The normalized spacial score (nSPS) is 23.2. The van der Waals surface area contributed by atoms with Crippen LogP contribution in [0.15, 0.2) is 4.52 Å². The van der Waals surface area contributed by atoms with Crippen LogP contribution in [0.5, 0.6) is 0 Å². The minimum atomic E-state index is -0.293. The van der Waals surface area contributed by atoms with Crippen molar-refractivity contribution in [3.63, 3.8) is 0 Å². The minimum absolute atomic E-state index is 0.293. The van der Waals surface area contributed by atoms with Gasteiger partial charge in [0.25, 0.3) is 0 Å². The summed E-state index contributed by atoms with van der Waals surface area (Å²) in [6.07, 6.45) is 2.34. The van der Waals surface area contributed by atoms with Gasteiger partial charge in [0.2, 0.25) is 5.89 Å². The van der Waals surface area contributed by atoms with E-state index in [2.05, 4.69) is 10.1 Å². The standard InChI is InChI=1S/C9H15N3O2S/c1-13-5-6(10)8-11-9(14-12-8)7-3-2-4-15-7/h6-7H,2-5,10H2,1H3. The summed E-state index contributed by atoms with van der Waals surface area (Å²) in [5.41, 5.74) is 5.80. The van der Waals surface area contributed by atoms with E-state index < -0.39 is 0 Å². The second-order valence-corrected chi connectivity index (χ2v) is 4.86. The van der Waals surface area contributed by atoms with Crippen LogP contribution in [0.1, 0.15) is 35.8 Å². The van der Waals surface area contributed by atoms with Gasteiger partial charge in [-0.3, -0.25) is 0 Å². The van der Waals surface area contributed by atoms with Crippen molar-refractivity contribution in [2.75, 3.05) is 19.5 Å². The lowest BCUT2D eigenvalue weighted by molar-refractivity contribution is 0.177. The third-order valence-corrected chi connectivity index (χ3v) is 3.70. The van der Waals surface area contributed by atoms with Crippen molar-refractivity contribution >= 4 is 11.8 Å². The molecule has 2 unspecified atom stereocenters. The maximum atomic E-state index is 5.80. The first-order valence-electron chi connectivity index (χ1n) is 5.01. The maximum absolute atomic E-state index is 5.80. The average Bonchev–Trinajstić information content (AvgIpc) is 2.89. The highest BCUT2D eigenvalue weighted by Gasteiger charge is 2.24. The van der Waals surface area contributed by atoms with E-state index in [1.54, 1.807) is 7.11 Å². The van der Waals surface area contributed by atoms with E-state index in [9.17, 15) is 0 Å². The maximum Gasteiger partial charge on any atom is 0.239 e. The molecule has 1 aromatic rings. The van der Waals surface area contributed by atoms with Gasteiger partial charge >= 0.3 is 0 Å². The fourth-order valence-corrected chi connectivity index (χ4v) is 2.74. The van der Waals surface area contributed by atoms with E-state index in [1.807, 2.05) is 11.8 Å². The Balaban J connectivity index is 2.02. The van der Waals surface area contributed by atoms with Crippen LogP contribution in [-0.2, 0) is 4.74 Å². The van der Waals surface area contributed by atoms with Crippen molar-refractivity contribution in [3.8, 4) is 0 Å². The molecule has 2 rings (SSSR count). The van der Waals surface area contributed by atoms with Gasteiger partial charge in [-0.25, -0.2) is 0 Å². The van der Waals surface area contributed by atoms with Gasteiger partial charge in [-0.1, -0.05) is 5.16 Å². The summed E-state index contributed by atoms with van der Waals surface area (Å²) in [5, 5.41) is 4.24. The van der Waals surface area contributed by atoms with Crippen molar-refractivity contribution in [2.24, 2.45) is 5.73 Å². The van der Waals surface area contributed by atoms with Gasteiger partial charge < -0.3 is 15.0 Å². The predicted molar refractivity (Wildman–Crippen MR) is 57.5 cm³/mol. The molecule has 15 heavy (non-hydrogen) atoms. The number of methoxy groups -OCH3 is 1. The zero-order chi connectivity index (χ0) is 10.7. The lowest BCUT2D eigenvalue weighted by Crippen LogP contribution is -2.17. The van der Waals surface area contributed by atoms with E-state index in [4.69, 9.17) is 15.0 Å². The molecule has 5 nitrogen and oxygen atoms in total. The number of ether oxygens (including phenoxy) is 1. The first kappa shape index (κ1) is 10.9. The summed E-state index contributed by atoms with van der Waals surface area (Å²) in [6, 6.07) is -0.293. The molecule has 0 aromatic carbocycles. The molecule has 2 N–H and O–H groups in total. The molecule has 0 saturated carbocycles. The molecule has 0 aliphatic carbocycles. The summed E-state index contributed by atoms with van der Waals surface area (Å²) in [5.74, 6) is 2.42. The summed E-state index contributed by atoms with van der Waals surface area (Å²) in [4.78, 5) is 4.31. The first-order valence-corrected chi connectivity index (χ1v) is 6.05. The van der Waals surface area contributed by atoms with Crippen molar-refractivity contribution in [2.45, 2.75) is 24.1 Å². The third kappa shape index (κ3) is 2.50. The lowest BCUT2D eigenvalue weighted by Gasteiger charge is -2.03. The van der Waals surface area contributed by atoms with Gasteiger partial charge in [0, 0.05) is 7.11 Å². The van der Waals surface area contributed by atoms with Gasteiger partial charge in [0.1, 0.15) is 0 Å². The molecular weight excluding hydrogens is 214 g/mol. The van der Waals surface area contributed by atoms with Crippen molar-refractivity contribution in [3.05, 3.63) is 11.7 Å². The predicted octanol–water partition coefficient (Wildman–Crippen LogP) is 1.28. The summed E-state index contributed by atoms with van der Waals surface area (Å²) >= 11 is 1.87. The van der Waals surface area contributed by atoms with Crippen LogP contribution in [0.2, 0.25) is 0 Å². The Labute approximate surface area is 92.7 Å². The van der Waals surface area contributed by atoms with Crippen LogP contribution in [0.4, 0.5) is 0 Å². The number of hydrogen-bond donors (Lipinski definition) is 1. The minimum Gasteiger partial charge on any atom is -0.383 e. The Morgan fingerprint density at radius 3 is 3.27 bits per heavy atom. The largest absolute Gasteiger partial charge is 0.383 e. The second-order valence-electron chi connectivity index (χ2n) is 3.55. The molecule has 2 heterocycles. The molecule has 1 saturated heterocycles. The van der Waals surface area contributed by atoms with Crippen LogP contribution < -0.4 is 5.73 Å². The fraction of sp³-hybridized carbons (Fsp3) is 0.778. The lowest BCUT2D eigenvalue weighted by atomic mass is 10.2. The molecule has 1 aliphatic heterocycles. The van der Waals surface area contributed by atoms with E-state index in [0.717, 1.165) is 6.42 Å². The summed E-state index contributed by atoms with van der Waals surface area (Å²) in [7, 11) is 1.60. The van der Waals surface area contributed by atoms with Crippen LogP contribution in [0.3, 0.4) is 0 Å². The number of rotatable bonds is 4. The van der Waals surface area contributed by atoms with Gasteiger partial charge in [0.05, 0.1) is 17.9 Å². The Morgan fingerprint density at radius 2 is 2.60 bits per heavy atom. The molecule has 6 heteroatoms. The molecular formula is C9H15N3O2S. The molecule has 0 radical (unpaired) electrons. The smallest absolute Gasteiger partial charge is 0.239 e. The van der Waals surface area contributed by atoms with E-state index >= 15 is 0 Å². The molecule has 0 amide bonds. The van der Waals surface area contributed by atoms with Crippen LogP contribution >= 0.6 is 11.8 Å². The van der Waals surface area contributed by atoms with Crippen LogP contribution in [-0.4, -0.2) is 29.6 Å². The number of thioether (sulfide) groups is 1. The zero-order valence-electron chi connectivity index (χ0n) is 8.68. The van der Waals surface area contributed by atoms with Crippen molar-refractivity contribution in [1.82, 2.24) is 10.1 Å². The highest BCUT2D eigenvalue weighted by Crippen LogP contribution is 2.38. The monoisotopic (exact) mass is 229 g/mol. The first-order chi connectivity index (χ1) is 7.31. The number of aromatic nitrogens is 2. The van der Waals surface area contributed by atoms with Gasteiger partial charge in [0.15, 0.2) is 5.82 Å². The molecule has 2 atom stereocenters. The highest BCUT2D eigenvalue weighted by molar-refractivity contribution is 7.99. The number of nitrogens with two attached hydrogens (primary N) is 1. The van der Waals surface area contributed by atoms with Crippen LogP contribution in [0.25, 0.3) is 0 Å². The highest BCUT2D eigenvalue weighted by atomic mass is 32.2.